The lowest BCUT2D eigenvalue weighted by molar-refractivity contribution is 0.0954. The maximum atomic E-state index is 12.2. The van der Waals surface area contributed by atoms with E-state index < -0.39 is 0 Å². The molecule has 0 bridgehead atoms. The minimum Gasteiger partial charge on any atom is -0.344 e. The van der Waals surface area contributed by atoms with E-state index in [2.05, 4.69) is 29.1 Å². The normalized spacial score (nSPS) is 11.0. The quantitative estimate of drug-likeness (QED) is 0.775. The van der Waals surface area contributed by atoms with E-state index in [0.29, 0.717) is 6.54 Å². The minimum absolute atomic E-state index is 0.0387. The first-order chi connectivity index (χ1) is 10.2. The van der Waals surface area contributed by atoms with E-state index in [-0.39, 0.29) is 5.91 Å². The van der Waals surface area contributed by atoms with Gasteiger partial charge in [0.1, 0.15) is 5.82 Å². The number of aryl methyl sites for hydroxylation is 2. The smallest absolute Gasteiger partial charge is 0.261 e. The highest BCUT2D eigenvalue weighted by Gasteiger charge is 2.12. The van der Waals surface area contributed by atoms with E-state index >= 15 is 0 Å². The van der Waals surface area contributed by atoms with Crippen LogP contribution >= 0.6 is 11.3 Å². The fourth-order valence-corrected chi connectivity index (χ4v) is 3.35. The van der Waals surface area contributed by atoms with Crippen molar-refractivity contribution in [3.63, 3.8) is 0 Å². The molecule has 3 rings (SSSR count). The number of aromatic nitrogens is 2. The molecule has 108 valence electrons. The van der Waals surface area contributed by atoms with Gasteiger partial charge in [-0.05, 0) is 37.1 Å². The average Bonchev–Trinajstić information content (AvgIpc) is 3.07. The number of nitrogens with one attached hydrogen (secondary N) is 2. The van der Waals surface area contributed by atoms with Gasteiger partial charge in [-0.25, -0.2) is 4.98 Å². The number of H-pyrrole nitrogens is 1. The molecule has 0 spiro atoms. The van der Waals surface area contributed by atoms with E-state index in [4.69, 9.17) is 0 Å². The molecule has 2 N–H and O–H groups in total. The SMILES string of the molecule is CCc1cc(C(=O)NCc2nc3ccccc3[nH]2)sc1C. The van der Waals surface area contributed by atoms with Gasteiger partial charge in [-0.1, -0.05) is 19.1 Å². The third-order valence-corrected chi connectivity index (χ3v) is 4.57. The van der Waals surface area contributed by atoms with Crippen LogP contribution in [0.5, 0.6) is 0 Å². The molecule has 0 aliphatic rings. The Bertz CT molecular complexity index is 755. The third kappa shape index (κ3) is 2.83. The summed E-state index contributed by atoms with van der Waals surface area (Å²) >= 11 is 1.54. The molecule has 0 atom stereocenters. The van der Waals surface area contributed by atoms with E-state index in [9.17, 15) is 4.79 Å². The Morgan fingerprint density at radius 2 is 2.19 bits per heavy atom. The summed E-state index contributed by atoms with van der Waals surface area (Å²) in [5.41, 5.74) is 3.15. The summed E-state index contributed by atoms with van der Waals surface area (Å²) in [7, 11) is 0. The zero-order valence-electron chi connectivity index (χ0n) is 12.1. The van der Waals surface area contributed by atoms with Gasteiger partial charge < -0.3 is 10.3 Å². The summed E-state index contributed by atoms with van der Waals surface area (Å²) < 4.78 is 0. The number of carbonyl (C=O) groups is 1. The van der Waals surface area contributed by atoms with Crippen LogP contribution in [0.25, 0.3) is 11.0 Å². The highest BCUT2D eigenvalue weighted by Crippen LogP contribution is 2.22. The zero-order valence-corrected chi connectivity index (χ0v) is 12.9. The molecule has 4 nitrogen and oxygen atoms in total. The van der Waals surface area contributed by atoms with Crippen molar-refractivity contribution in [2.45, 2.75) is 26.8 Å². The van der Waals surface area contributed by atoms with Crippen molar-refractivity contribution in [2.75, 3.05) is 0 Å². The maximum absolute atomic E-state index is 12.2. The van der Waals surface area contributed by atoms with Crippen LogP contribution in [0.2, 0.25) is 0 Å². The number of thiophene rings is 1. The predicted molar refractivity (Wildman–Crippen MR) is 85.7 cm³/mol. The zero-order chi connectivity index (χ0) is 14.8. The molecule has 0 aliphatic heterocycles. The highest BCUT2D eigenvalue weighted by molar-refractivity contribution is 7.14. The van der Waals surface area contributed by atoms with Gasteiger partial charge in [0.15, 0.2) is 0 Å². The second kappa shape index (κ2) is 5.69. The summed E-state index contributed by atoms with van der Waals surface area (Å²) in [6.45, 7) is 4.57. The van der Waals surface area contributed by atoms with Gasteiger partial charge in [-0.3, -0.25) is 4.79 Å². The van der Waals surface area contributed by atoms with Crippen LogP contribution in [-0.2, 0) is 13.0 Å². The van der Waals surface area contributed by atoms with Gasteiger partial charge in [0.05, 0.1) is 22.5 Å². The Labute approximate surface area is 127 Å². The Hall–Kier alpha value is -2.14. The van der Waals surface area contributed by atoms with E-state index in [1.165, 1.54) is 10.4 Å². The molecule has 0 fully saturated rings. The summed E-state index contributed by atoms with van der Waals surface area (Å²) in [5.74, 6) is 0.733. The maximum Gasteiger partial charge on any atom is 0.261 e. The first-order valence-electron chi connectivity index (χ1n) is 6.98. The molecule has 3 aromatic rings. The van der Waals surface area contributed by atoms with Gasteiger partial charge in [-0.2, -0.15) is 0 Å². The number of hydrogen-bond acceptors (Lipinski definition) is 3. The Morgan fingerprint density at radius 1 is 1.38 bits per heavy atom. The molecular formula is C16H17N3OS. The van der Waals surface area contributed by atoms with Gasteiger partial charge in [0.25, 0.3) is 5.91 Å². The summed E-state index contributed by atoms with van der Waals surface area (Å²) in [6.07, 6.45) is 0.958. The molecular weight excluding hydrogens is 282 g/mol. The monoisotopic (exact) mass is 299 g/mol. The topological polar surface area (TPSA) is 57.8 Å². The van der Waals surface area contributed by atoms with Gasteiger partial charge in [-0.15, -0.1) is 11.3 Å². The number of hydrogen-bond donors (Lipinski definition) is 2. The van der Waals surface area contributed by atoms with Crippen LogP contribution in [0.4, 0.5) is 0 Å². The van der Waals surface area contributed by atoms with Crippen LogP contribution in [0.15, 0.2) is 30.3 Å². The van der Waals surface area contributed by atoms with Crippen molar-refractivity contribution < 1.29 is 4.79 Å². The molecule has 1 aromatic carbocycles. The van der Waals surface area contributed by atoms with Gasteiger partial charge >= 0.3 is 0 Å². The first-order valence-corrected chi connectivity index (χ1v) is 7.80. The van der Waals surface area contributed by atoms with Gasteiger partial charge in [0.2, 0.25) is 0 Å². The average molecular weight is 299 g/mol. The standard InChI is InChI=1S/C16H17N3OS/c1-3-11-8-14(21-10(11)2)16(20)17-9-15-18-12-6-4-5-7-13(12)19-15/h4-8H,3,9H2,1-2H3,(H,17,20)(H,18,19). The van der Waals surface area contributed by atoms with Crippen molar-refractivity contribution >= 4 is 28.3 Å². The van der Waals surface area contributed by atoms with Gasteiger partial charge in [0, 0.05) is 4.88 Å². The van der Waals surface area contributed by atoms with Crippen molar-refractivity contribution in [3.8, 4) is 0 Å². The van der Waals surface area contributed by atoms with Crippen molar-refractivity contribution in [2.24, 2.45) is 0 Å². The molecule has 0 aliphatic carbocycles. The van der Waals surface area contributed by atoms with Crippen molar-refractivity contribution in [1.82, 2.24) is 15.3 Å². The number of amides is 1. The summed E-state index contributed by atoms with van der Waals surface area (Å²) in [6, 6.07) is 9.82. The molecule has 5 heteroatoms. The number of carbonyl (C=O) groups excluding carboxylic acids is 1. The molecule has 0 saturated carbocycles. The van der Waals surface area contributed by atoms with Crippen LogP contribution in [0, 0.1) is 6.92 Å². The highest BCUT2D eigenvalue weighted by atomic mass is 32.1. The summed E-state index contributed by atoms with van der Waals surface area (Å²) in [4.78, 5) is 21.8. The number of fused-ring (bicyclic) bond motifs is 1. The molecule has 1 amide bonds. The Balaban J connectivity index is 1.70. The lowest BCUT2D eigenvalue weighted by atomic mass is 10.2. The predicted octanol–water partition coefficient (Wildman–Crippen LogP) is 3.43. The number of para-hydroxylation sites is 2. The Kier molecular flexibility index (Phi) is 3.75. The lowest BCUT2D eigenvalue weighted by Gasteiger charge is -2.00. The largest absolute Gasteiger partial charge is 0.344 e. The molecule has 0 saturated heterocycles. The Morgan fingerprint density at radius 3 is 2.90 bits per heavy atom. The second-order valence-corrected chi connectivity index (χ2v) is 6.19. The number of rotatable bonds is 4. The molecule has 0 unspecified atom stereocenters. The molecule has 21 heavy (non-hydrogen) atoms. The van der Waals surface area contributed by atoms with E-state index in [1.54, 1.807) is 11.3 Å². The summed E-state index contributed by atoms with van der Waals surface area (Å²) in [5, 5.41) is 2.92. The lowest BCUT2D eigenvalue weighted by Crippen LogP contribution is -2.22. The first kappa shape index (κ1) is 13.8. The molecule has 0 radical (unpaired) electrons. The van der Waals surface area contributed by atoms with Crippen LogP contribution in [0.1, 0.15) is 32.9 Å². The molecule has 2 aromatic heterocycles. The second-order valence-electron chi connectivity index (χ2n) is 4.93. The van der Waals surface area contributed by atoms with Crippen LogP contribution < -0.4 is 5.32 Å². The number of imidazole rings is 1. The van der Waals surface area contributed by atoms with E-state index in [0.717, 1.165) is 28.2 Å². The fraction of sp³-hybridized carbons (Fsp3) is 0.250. The van der Waals surface area contributed by atoms with E-state index in [1.807, 2.05) is 30.3 Å². The van der Waals surface area contributed by atoms with Crippen LogP contribution in [0.3, 0.4) is 0 Å². The van der Waals surface area contributed by atoms with Crippen molar-refractivity contribution in [1.29, 1.82) is 0 Å². The fourth-order valence-electron chi connectivity index (χ4n) is 2.32. The number of nitrogens with zero attached hydrogens (tertiary/aromatic N) is 1. The number of benzene rings is 1. The minimum atomic E-state index is -0.0387. The third-order valence-electron chi connectivity index (χ3n) is 3.48. The van der Waals surface area contributed by atoms with Crippen molar-refractivity contribution in [3.05, 3.63) is 51.5 Å². The van der Waals surface area contributed by atoms with Crippen LogP contribution in [-0.4, -0.2) is 15.9 Å². The molecule has 2 heterocycles. The number of aromatic amines is 1.